The predicted octanol–water partition coefficient (Wildman–Crippen LogP) is 5.34. The third kappa shape index (κ3) is 3.91. The Morgan fingerprint density at radius 3 is 2.19 bits per heavy atom. The van der Waals surface area contributed by atoms with Crippen LogP contribution in [0.25, 0.3) is 10.8 Å². The Kier molecular flexibility index (Phi) is 4.75. The van der Waals surface area contributed by atoms with E-state index in [0.717, 1.165) is 10.8 Å². The van der Waals surface area contributed by atoms with E-state index in [1.54, 1.807) is 6.07 Å². The molecular weight excluding hydrogens is 345 g/mol. The topological polar surface area (TPSA) is 43.4 Å². The van der Waals surface area contributed by atoms with E-state index in [4.69, 9.17) is 4.74 Å². The minimum atomic E-state index is -5.01. The van der Waals surface area contributed by atoms with E-state index in [9.17, 15) is 22.8 Å². The third-order valence-corrected chi connectivity index (χ3v) is 3.79. The van der Waals surface area contributed by atoms with Gasteiger partial charge >= 0.3 is 6.18 Å². The largest absolute Gasteiger partial charge is 0.457 e. The van der Waals surface area contributed by atoms with Crippen molar-refractivity contribution in [3.63, 3.8) is 0 Å². The number of fused-ring (bicyclic) bond motifs is 1. The van der Waals surface area contributed by atoms with E-state index >= 15 is 0 Å². The summed E-state index contributed by atoms with van der Waals surface area (Å²) in [7, 11) is 0. The van der Waals surface area contributed by atoms with Crippen LogP contribution in [0.2, 0.25) is 0 Å². The first kappa shape index (κ1) is 17.7. The van der Waals surface area contributed by atoms with Gasteiger partial charge < -0.3 is 4.74 Å². The van der Waals surface area contributed by atoms with Gasteiger partial charge in [0, 0.05) is 10.9 Å². The van der Waals surface area contributed by atoms with Crippen molar-refractivity contribution in [3.8, 4) is 11.5 Å². The van der Waals surface area contributed by atoms with E-state index < -0.39 is 24.2 Å². The van der Waals surface area contributed by atoms with Gasteiger partial charge in [0.2, 0.25) is 5.78 Å². The van der Waals surface area contributed by atoms with Crippen molar-refractivity contribution in [2.24, 2.45) is 0 Å². The molecule has 6 heteroatoms. The zero-order valence-corrected chi connectivity index (χ0v) is 13.4. The number of hydrogen-bond donors (Lipinski definition) is 0. The molecule has 132 valence electrons. The minimum absolute atomic E-state index is 0.0212. The molecule has 0 aliphatic heterocycles. The fourth-order valence-electron chi connectivity index (χ4n) is 2.47. The van der Waals surface area contributed by atoms with Crippen molar-refractivity contribution in [1.29, 1.82) is 0 Å². The fourth-order valence-corrected chi connectivity index (χ4v) is 2.47. The lowest BCUT2D eigenvalue weighted by atomic mass is 10.1. The molecule has 0 heterocycles. The molecule has 0 N–H and O–H groups in total. The van der Waals surface area contributed by atoms with Gasteiger partial charge in [0.25, 0.3) is 0 Å². The molecule has 0 saturated carbocycles. The van der Waals surface area contributed by atoms with Crippen molar-refractivity contribution >= 4 is 22.3 Å². The molecule has 3 aromatic carbocycles. The molecule has 0 spiro atoms. The Morgan fingerprint density at radius 1 is 0.846 bits per heavy atom. The second-order valence-electron chi connectivity index (χ2n) is 5.62. The van der Waals surface area contributed by atoms with Gasteiger partial charge in [-0.05, 0) is 35.7 Å². The summed E-state index contributed by atoms with van der Waals surface area (Å²) in [6.45, 7) is 0. The third-order valence-electron chi connectivity index (χ3n) is 3.79. The lowest BCUT2D eigenvalue weighted by Gasteiger charge is -2.09. The molecule has 0 aliphatic carbocycles. The maximum atomic E-state index is 12.2. The van der Waals surface area contributed by atoms with Crippen molar-refractivity contribution in [2.75, 3.05) is 0 Å². The van der Waals surface area contributed by atoms with Crippen LogP contribution in [0.4, 0.5) is 13.2 Å². The van der Waals surface area contributed by atoms with E-state index in [1.807, 2.05) is 36.4 Å². The fraction of sp³-hybridized carbons (Fsp3) is 0.100. The number of ether oxygens (including phenoxy) is 1. The zero-order chi connectivity index (χ0) is 18.7. The number of Topliss-reactive ketones (excluding diaryl/α,β-unsaturated/α-hetero) is 2. The highest BCUT2D eigenvalue weighted by Crippen LogP contribution is 2.30. The molecule has 3 nitrogen and oxygen atoms in total. The number of halogens is 3. The van der Waals surface area contributed by atoms with Crippen molar-refractivity contribution in [3.05, 3.63) is 72.3 Å². The smallest absolute Gasteiger partial charge is 0.450 e. The molecule has 0 amide bonds. The lowest BCUT2D eigenvalue weighted by molar-refractivity contribution is -0.170. The zero-order valence-electron chi connectivity index (χ0n) is 13.4. The molecule has 0 atom stereocenters. The number of ketones is 2. The minimum Gasteiger partial charge on any atom is -0.457 e. The summed E-state index contributed by atoms with van der Waals surface area (Å²) in [5.74, 6) is -1.89. The van der Waals surface area contributed by atoms with Crippen molar-refractivity contribution in [1.82, 2.24) is 0 Å². The molecule has 0 saturated heterocycles. The van der Waals surface area contributed by atoms with E-state index in [1.165, 1.54) is 24.3 Å². The number of benzene rings is 3. The number of alkyl halides is 3. The van der Waals surface area contributed by atoms with Crippen LogP contribution in [-0.2, 0) is 4.79 Å². The number of carbonyl (C=O) groups is 2. The van der Waals surface area contributed by atoms with Gasteiger partial charge in [-0.15, -0.1) is 0 Å². The second kappa shape index (κ2) is 7.00. The average Bonchev–Trinajstić information content (AvgIpc) is 2.62. The lowest BCUT2D eigenvalue weighted by Crippen LogP contribution is -2.25. The molecule has 0 fully saturated rings. The maximum Gasteiger partial charge on any atom is 0.450 e. The Morgan fingerprint density at radius 2 is 1.50 bits per heavy atom. The van der Waals surface area contributed by atoms with E-state index in [0.29, 0.717) is 11.5 Å². The molecule has 0 radical (unpaired) electrons. The van der Waals surface area contributed by atoms with Crippen LogP contribution in [0.1, 0.15) is 16.8 Å². The highest BCUT2D eigenvalue weighted by molar-refractivity contribution is 6.09. The van der Waals surface area contributed by atoms with Crippen LogP contribution >= 0.6 is 0 Å². The SMILES string of the molecule is O=C(CC(=O)C(F)(F)F)c1ccc(Oc2cccc3ccccc23)cc1. The van der Waals surface area contributed by atoms with Crippen LogP contribution in [0.15, 0.2) is 66.7 Å². The number of hydrogen-bond acceptors (Lipinski definition) is 3. The standard InChI is InChI=1S/C20H13F3O3/c21-20(22,23)19(25)12-17(24)14-8-10-15(11-9-14)26-18-7-3-5-13-4-1-2-6-16(13)18/h1-11H,12H2. The quantitative estimate of drug-likeness (QED) is 0.457. The second-order valence-corrected chi connectivity index (χ2v) is 5.62. The molecule has 0 aliphatic rings. The first-order valence-electron chi connectivity index (χ1n) is 7.73. The summed E-state index contributed by atoms with van der Waals surface area (Å²) in [5, 5.41) is 1.91. The summed E-state index contributed by atoms with van der Waals surface area (Å²) in [6.07, 6.45) is -6.21. The van der Waals surface area contributed by atoms with E-state index in [2.05, 4.69) is 0 Å². The molecule has 3 aromatic rings. The van der Waals surface area contributed by atoms with Gasteiger partial charge in [-0.25, -0.2) is 0 Å². The molecule has 0 unspecified atom stereocenters. The average molecular weight is 358 g/mol. The van der Waals surface area contributed by atoms with Crippen molar-refractivity contribution < 1.29 is 27.5 Å². The van der Waals surface area contributed by atoms with Crippen molar-refractivity contribution in [2.45, 2.75) is 12.6 Å². The van der Waals surface area contributed by atoms with Gasteiger partial charge in [-0.2, -0.15) is 13.2 Å². The highest BCUT2D eigenvalue weighted by Gasteiger charge is 2.39. The van der Waals surface area contributed by atoms with Gasteiger partial charge in [-0.1, -0.05) is 36.4 Å². The molecule has 0 aromatic heterocycles. The number of rotatable bonds is 5. The van der Waals surface area contributed by atoms with Gasteiger partial charge in [0.05, 0.1) is 6.42 Å². The van der Waals surface area contributed by atoms with Crippen LogP contribution < -0.4 is 4.74 Å². The Hall–Kier alpha value is -3.15. The molecule has 3 rings (SSSR count). The Bertz CT molecular complexity index is 955. The van der Waals surface area contributed by atoms with Gasteiger partial charge in [0.1, 0.15) is 11.5 Å². The Balaban J connectivity index is 1.75. The summed E-state index contributed by atoms with van der Waals surface area (Å²) in [6, 6.07) is 18.9. The number of carbonyl (C=O) groups excluding carboxylic acids is 2. The molecule has 0 bridgehead atoms. The van der Waals surface area contributed by atoms with E-state index in [-0.39, 0.29) is 5.56 Å². The summed E-state index contributed by atoms with van der Waals surface area (Å²) < 4.78 is 42.5. The predicted molar refractivity (Wildman–Crippen MR) is 90.5 cm³/mol. The first-order valence-corrected chi connectivity index (χ1v) is 7.73. The normalized spacial score (nSPS) is 11.3. The van der Waals surface area contributed by atoms with Gasteiger partial charge in [0.15, 0.2) is 5.78 Å². The summed E-state index contributed by atoms with van der Waals surface area (Å²) in [5.41, 5.74) is 0.0212. The monoisotopic (exact) mass is 358 g/mol. The Labute approximate surface area is 147 Å². The maximum absolute atomic E-state index is 12.2. The molecular formula is C20H13F3O3. The first-order chi connectivity index (χ1) is 12.3. The summed E-state index contributed by atoms with van der Waals surface area (Å²) in [4.78, 5) is 22.7. The van der Waals surface area contributed by atoms with Crippen LogP contribution in [-0.4, -0.2) is 17.7 Å². The van der Waals surface area contributed by atoms with Crippen LogP contribution in [0.5, 0.6) is 11.5 Å². The highest BCUT2D eigenvalue weighted by atomic mass is 19.4. The van der Waals surface area contributed by atoms with Crippen LogP contribution in [0.3, 0.4) is 0 Å². The molecule has 26 heavy (non-hydrogen) atoms. The van der Waals surface area contributed by atoms with Crippen LogP contribution in [0, 0.1) is 0 Å². The summed E-state index contributed by atoms with van der Waals surface area (Å²) >= 11 is 0. The van der Waals surface area contributed by atoms with Gasteiger partial charge in [-0.3, -0.25) is 9.59 Å².